The summed E-state index contributed by atoms with van der Waals surface area (Å²) >= 11 is 0. The third-order valence-electron chi connectivity index (χ3n) is 5.23. The molecule has 2 N–H and O–H groups in total. The van der Waals surface area contributed by atoms with Crippen LogP contribution in [0.2, 0.25) is 0 Å². The summed E-state index contributed by atoms with van der Waals surface area (Å²) in [4.78, 5) is 6.98. The lowest BCUT2D eigenvalue weighted by Gasteiger charge is -2.39. The molecule has 1 aliphatic rings. The summed E-state index contributed by atoms with van der Waals surface area (Å²) in [7, 11) is 3.71. The van der Waals surface area contributed by atoms with Crippen LogP contribution in [0.4, 0.5) is 13.2 Å². The number of rotatable bonds is 8. The summed E-state index contributed by atoms with van der Waals surface area (Å²) < 4.78 is 43.8. The first kappa shape index (κ1) is 23.5. The Morgan fingerprint density at radius 1 is 1.24 bits per heavy atom. The van der Waals surface area contributed by atoms with Crippen LogP contribution in [0.3, 0.4) is 0 Å². The molecule has 1 aromatic rings. The van der Waals surface area contributed by atoms with Gasteiger partial charge in [-0.25, -0.2) is 0 Å². The van der Waals surface area contributed by atoms with E-state index in [0.717, 1.165) is 50.4 Å². The van der Waals surface area contributed by atoms with Gasteiger partial charge in [-0.3, -0.25) is 9.89 Å². The van der Waals surface area contributed by atoms with Gasteiger partial charge in [0.05, 0.1) is 5.56 Å². The maximum absolute atomic E-state index is 12.9. The largest absolute Gasteiger partial charge is 0.416 e. The summed E-state index contributed by atoms with van der Waals surface area (Å²) in [5.41, 5.74) is 0.308. The molecule has 1 aromatic carbocycles. The van der Waals surface area contributed by atoms with E-state index in [9.17, 15) is 13.2 Å². The molecule has 0 bridgehead atoms. The van der Waals surface area contributed by atoms with E-state index in [-0.39, 0.29) is 12.0 Å². The third kappa shape index (κ3) is 7.19. The first-order chi connectivity index (χ1) is 13.9. The second kappa shape index (κ2) is 11.4. The van der Waals surface area contributed by atoms with Gasteiger partial charge in [-0.1, -0.05) is 12.1 Å². The number of aliphatic imine (C=N–C) groups is 1. The molecule has 2 atom stereocenters. The number of likely N-dealkylation sites (tertiary alicyclic amines) is 1. The van der Waals surface area contributed by atoms with Crippen LogP contribution in [0.5, 0.6) is 0 Å². The highest BCUT2D eigenvalue weighted by molar-refractivity contribution is 5.79. The van der Waals surface area contributed by atoms with Gasteiger partial charge >= 0.3 is 6.18 Å². The van der Waals surface area contributed by atoms with Crippen molar-refractivity contribution < 1.29 is 17.9 Å². The number of nitrogens with zero attached hydrogens (tertiary/aromatic N) is 2. The maximum Gasteiger partial charge on any atom is 0.416 e. The summed E-state index contributed by atoms with van der Waals surface area (Å²) in [5, 5.41) is 6.55. The molecule has 8 heteroatoms. The van der Waals surface area contributed by atoms with Gasteiger partial charge in [0.2, 0.25) is 0 Å². The molecular formula is C21H33F3N4O. The molecule has 2 unspecified atom stereocenters. The van der Waals surface area contributed by atoms with Gasteiger partial charge in [-0.05, 0) is 63.4 Å². The molecule has 5 nitrogen and oxygen atoms in total. The maximum atomic E-state index is 12.9. The molecule has 1 aliphatic heterocycles. The fourth-order valence-corrected chi connectivity index (χ4v) is 3.82. The van der Waals surface area contributed by atoms with E-state index in [1.165, 1.54) is 12.1 Å². The standard InChI is InChI=1S/C21H33F3N4O/c1-4-25-20(26-12-6-14-29-3)27-15-17-7-5-13-28(2)19(17)16-8-10-18(11-9-16)21(22,23)24/h8-11,17,19H,4-7,12-15H2,1-3H3,(H2,25,26,27). The van der Waals surface area contributed by atoms with Gasteiger partial charge in [-0.2, -0.15) is 13.2 Å². The Morgan fingerprint density at radius 3 is 2.59 bits per heavy atom. The third-order valence-corrected chi connectivity index (χ3v) is 5.23. The number of methoxy groups -OCH3 is 1. The molecule has 0 aromatic heterocycles. The second-order valence-corrected chi connectivity index (χ2v) is 7.44. The van der Waals surface area contributed by atoms with E-state index in [1.807, 2.05) is 14.0 Å². The zero-order chi connectivity index (χ0) is 21.3. The molecule has 0 radical (unpaired) electrons. The van der Waals surface area contributed by atoms with Gasteiger partial charge in [0.25, 0.3) is 0 Å². The Morgan fingerprint density at radius 2 is 1.97 bits per heavy atom. The lowest BCUT2D eigenvalue weighted by atomic mass is 9.84. The van der Waals surface area contributed by atoms with E-state index >= 15 is 0 Å². The van der Waals surface area contributed by atoms with Gasteiger partial charge in [0.15, 0.2) is 5.96 Å². The van der Waals surface area contributed by atoms with Crippen LogP contribution in [-0.4, -0.2) is 57.8 Å². The van der Waals surface area contributed by atoms with Crippen molar-refractivity contribution in [3.63, 3.8) is 0 Å². The predicted octanol–water partition coefficient (Wildman–Crippen LogP) is 3.68. The highest BCUT2D eigenvalue weighted by Crippen LogP contribution is 2.37. The quantitative estimate of drug-likeness (QED) is 0.387. The summed E-state index contributed by atoms with van der Waals surface area (Å²) in [5.74, 6) is 1.02. The molecule has 2 rings (SSSR count). The minimum atomic E-state index is -4.31. The average molecular weight is 415 g/mol. The smallest absolute Gasteiger partial charge is 0.385 e. The van der Waals surface area contributed by atoms with Crippen LogP contribution in [0.25, 0.3) is 0 Å². The number of guanidine groups is 1. The van der Waals surface area contributed by atoms with E-state index in [2.05, 4.69) is 15.5 Å². The summed E-state index contributed by atoms with van der Waals surface area (Å²) in [6.07, 6.45) is -1.36. The molecule has 29 heavy (non-hydrogen) atoms. The van der Waals surface area contributed by atoms with Crippen LogP contribution in [0.1, 0.15) is 43.4 Å². The molecule has 0 saturated carbocycles. The Hall–Kier alpha value is -1.80. The van der Waals surface area contributed by atoms with E-state index in [4.69, 9.17) is 9.73 Å². The van der Waals surface area contributed by atoms with Gasteiger partial charge in [0, 0.05) is 39.4 Å². The van der Waals surface area contributed by atoms with E-state index < -0.39 is 11.7 Å². The molecule has 0 spiro atoms. The van der Waals surface area contributed by atoms with Crippen molar-refractivity contribution >= 4 is 5.96 Å². The van der Waals surface area contributed by atoms with Crippen LogP contribution in [-0.2, 0) is 10.9 Å². The lowest BCUT2D eigenvalue weighted by Crippen LogP contribution is -2.40. The zero-order valence-electron chi connectivity index (χ0n) is 17.6. The van der Waals surface area contributed by atoms with Crippen LogP contribution >= 0.6 is 0 Å². The highest BCUT2D eigenvalue weighted by Gasteiger charge is 2.33. The molecule has 0 aliphatic carbocycles. The fourth-order valence-electron chi connectivity index (χ4n) is 3.82. The Balaban J connectivity index is 2.10. The minimum absolute atomic E-state index is 0.0613. The van der Waals surface area contributed by atoms with Crippen molar-refractivity contribution in [2.75, 3.05) is 46.9 Å². The summed E-state index contributed by atoms with van der Waals surface area (Å²) in [6, 6.07) is 5.64. The average Bonchev–Trinajstić information content (AvgIpc) is 2.69. The molecular weight excluding hydrogens is 381 g/mol. The van der Waals surface area contributed by atoms with Crippen molar-refractivity contribution in [3.8, 4) is 0 Å². The zero-order valence-corrected chi connectivity index (χ0v) is 17.6. The van der Waals surface area contributed by atoms with Crippen molar-refractivity contribution in [1.82, 2.24) is 15.5 Å². The number of nitrogens with one attached hydrogen (secondary N) is 2. The normalized spacial score (nSPS) is 21.2. The SMILES string of the molecule is CCNC(=NCC1CCCN(C)C1c1ccc(C(F)(F)F)cc1)NCCCOC. The van der Waals surface area contributed by atoms with Crippen molar-refractivity contribution in [2.24, 2.45) is 10.9 Å². The first-order valence-electron chi connectivity index (χ1n) is 10.2. The van der Waals surface area contributed by atoms with Gasteiger partial charge in [-0.15, -0.1) is 0 Å². The molecule has 1 fully saturated rings. The molecule has 1 heterocycles. The number of piperidine rings is 1. The first-order valence-corrected chi connectivity index (χ1v) is 10.2. The number of alkyl halides is 3. The van der Waals surface area contributed by atoms with Crippen molar-refractivity contribution in [2.45, 2.75) is 38.4 Å². The van der Waals surface area contributed by atoms with Crippen molar-refractivity contribution in [3.05, 3.63) is 35.4 Å². The monoisotopic (exact) mass is 414 g/mol. The van der Waals surface area contributed by atoms with Gasteiger partial charge in [0.1, 0.15) is 0 Å². The van der Waals surface area contributed by atoms with E-state index in [1.54, 1.807) is 19.2 Å². The number of hydrogen-bond donors (Lipinski definition) is 2. The second-order valence-electron chi connectivity index (χ2n) is 7.44. The highest BCUT2D eigenvalue weighted by atomic mass is 19.4. The van der Waals surface area contributed by atoms with E-state index in [0.29, 0.717) is 13.2 Å². The number of ether oxygens (including phenoxy) is 1. The van der Waals surface area contributed by atoms with Crippen LogP contribution in [0, 0.1) is 5.92 Å². The molecule has 1 saturated heterocycles. The molecule has 164 valence electrons. The Kier molecular flexibility index (Phi) is 9.23. The topological polar surface area (TPSA) is 48.9 Å². The molecule has 0 amide bonds. The number of hydrogen-bond acceptors (Lipinski definition) is 3. The van der Waals surface area contributed by atoms with Crippen molar-refractivity contribution in [1.29, 1.82) is 0 Å². The number of halogens is 3. The Bertz CT molecular complexity index is 634. The number of benzene rings is 1. The fraction of sp³-hybridized carbons (Fsp3) is 0.667. The predicted molar refractivity (Wildman–Crippen MR) is 110 cm³/mol. The van der Waals surface area contributed by atoms with Crippen LogP contribution in [0.15, 0.2) is 29.3 Å². The minimum Gasteiger partial charge on any atom is -0.385 e. The Labute approximate surface area is 171 Å². The summed E-state index contributed by atoms with van der Waals surface area (Å²) in [6.45, 7) is 5.80. The lowest BCUT2D eigenvalue weighted by molar-refractivity contribution is -0.137. The van der Waals surface area contributed by atoms with Gasteiger partial charge < -0.3 is 15.4 Å². The van der Waals surface area contributed by atoms with Crippen LogP contribution < -0.4 is 10.6 Å².